The minimum atomic E-state index is -0.790. The third kappa shape index (κ3) is 5.25. The zero-order valence-corrected chi connectivity index (χ0v) is 14.5. The van der Waals surface area contributed by atoms with Gasteiger partial charge in [0.15, 0.2) is 0 Å². The number of carbonyl (C=O) groups is 2. The molecule has 132 valence electrons. The summed E-state index contributed by atoms with van der Waals surface area (Å²) in [6.45, 7) is 4.47. The fourth-order valence-electron chi connectivity index (χ4n) is 3.16. The molecule has 0 heterocycles. The predicted molar refractivity (Wildman–Crippen MR) is 92.0 cm³/mol. The first kappa shape index (κ1) is 18.3. The van der Waals surface area contributed by atoms with Gasteiger partial charge in [0.05, 0.1) is 12.5 Å². The number of nitrogens with one attached hydrogen (secondary N) is 1. The van der Waals surface area contributed by atoms with E-state index < -0.39 is 5.97 Å². The molecule has 1 amide bonds. The van der Waals surface area contributed by atoms with Gasteiger partial charge in [-0.2, -0.15) is 0 Å². The van der Waals surface area contributed by atoms with E-state index in [0.29, 0.717) is 19.4 Å². The van der Waals surface area contributed by atoms with Gasteiger partial charge in [0.25, 0.3) is 0 Å². The second kappa shape index (κ2) is 8.71. The van der Waals surface area contributed by atoms with Crippen LogP contribution in [0.1, 0.15) is 44.6 Å². The van der Waals surface area contributed by atoms with Gasteiger partial charge >= 0.3 is 5.97 Å². The van der Waals surface area contributed by atoms with Crippen molar-refractivity contribution in [2.45, 2.75) is 52.1 Å². The van der Waals surface area contributed by atoms with E-state index in [9.17, 15) is 9.59 Å². The van der Waals surface area contributed by atoms with Crippen LogP contribution < -0.4 is 10.1 Å². The first-order chi connectivity index (χ1) is 11.5. The molecule has 0 radical (unpaired) electrons. The molecular weight excluding hydrogens is 306 g/mol. The molecule has 3 unspecified atom stereocenters. The van der Waals surface area contributed by atoms with Crippen LogP contribution in [0, 0.1) is 18.8 Å². The summed E-state index contributed by atoms with van der Waals surface area (Å²) in [6, 6.07) is 7.85. The molecule has 1 aromatic rings. The number of amides is 1. The summed E-state index contributed by atoms with van der Waals surface area (Å²) in [6.07, 6.45) is 3.38. The second-order valence-corrected chi connectivity index (χ2v) is 6.61. The maximum Gasteiger partial charge on any atom is 0.306 e. The van der Waals surface area contributed by atoms with Crippen molar-refractivity contribution < 1.29 is 19.4 Å². The zero-order valence-electron chi connectivity index (χ0n) is 14.5. The van der Waals surface area contributed by atoms with E-state index in [1.807, 2.05) is 38.1 Å². The van der Waals surface area contributed by atoms with Crippen molar-refractivity contribution in [2.24, 2.45) is 11.8 Å². The van der Waals surface area contributed by atoms with Crippen molar-refractivity contribution in [2.75, 3.05) is 6.54 Å². The van der Waals surface area contributed by atoms with Crippen LogP contribution in [0.15, 0.2) is 24.3 Å². The molecule has 2 N–H and O–H groups in total. The number of benzene rings is 1. The fourth-order valence-corrected chi connectivity index (χ4v) is 3.16. The maximum atomic E-state index is 12.3. The Hall–Kier alpha value is -2.04. The molecule has 3 atom stereocenters. The van der Waals surface area contributed by atoms with Gasteiger partial charge in [-0.25, -0.2) is 0 Å². The van der Waals surface area contributed by atoms with Gasteiger partial charge < -0.3 is 15.2 Å². The molecular formula is C19H27NO4. The fraction of sp³-hybridized carbons (Fsp3) is 0.579. The summed E-state index contributed by atoms with van der Waals surface area (Å²) in [5.74, 6) is -0.620. The van der Waals surface area contributed by atoms with E-state index in [1.165, 1.54) is 0 Å². The smallest absolute Gasteiger partial charge is 0.306 e. The lowest BCUT2D eigenvalue weighted by Gasteiger charge is -2.26. The van der Waals surface area contributed by atoms with Crippen LogP contribution in [0.5, 0.6) is 5.75 Å². The van der Waals surface area contributed by atoms with Gasteiger partial charge in [0.1, 0.15) is 11.9 Å². The van der Waals surface area contributed by atoms with Crippen LogP contribution in [-0.4, -0.2) is 29.6 Å². The van der Waals surface area contributed by atoms with Gasteiger partial charge in [-0.15, -0.1) is 0 Å². The number of aryl methyl sites for hydroxylation is 1. The number of aliphatic carboxylic acids is 1. The summed E-state index contributed by atoms with van der Waals surface area (Å²) in [5.41, 5.74) is 1.13. The molecule has 24 heavy (non-hydrogen) atoms. The number of carboxylic acids is 1. The molecule has 0 saturated heterocycles. The van der Waals surface area contributed by atoms with Crippen molar-refractivity contribution in [3.63, 3.8) is 0 Å². The van der Waals surface area contributed by atoms with Gasteiger partial charge in [-0.05, 0) is 50.3 Å². The summed E-state index contributed by atoms with van der Waals surface area (Å²) in [7, 11) is 0. The molecule has 5 heteroatoms. The summed E-state index contributed by atoms with van der Waals surface area (Å²) >= 11 is 0. The average molecular weight is 333 g/mol. The number of carboxylic acid groups (broad SMARTS) is 1. The van der Waals surface area contributed by atoms with E-state index in [-0.39, 0.29) is 23.8 Å². The quantitative estimate of drug-likeness (QED) is 0.804. The van der Waals surface area contributed by atoms with Crippen LogP contribution in [-0.2, 0) is 9.59 Å². The molecule has 0 bridgehead atoms. The summed E-state index contributed by atoms with van der Waals surface area (Å²) in [5, 5.41) is 12.1. The Bertz CT molecular complexity index is 572. The van der Waals surface area contributed by atoms with Crippen LogP contribution in [0.2, 0.25) is 0 Å². The van der Waals surface area contributed by atoms with Crippen LogP contribution in [0.3, 0.4) is 0 Å². The number of hydrogen-bond acceptors (Lipinski definition) is 3. The zero-order chi connectivity index (χ0) is 17.5. The topological polar surface area (TPSA) is 75.6 Å². The van der Waals surface area contributed by atoms with Crippen LogP contribution >= 0.6 is 0 Å². The SMILES string of the molecule is CCC(CNC(=O)C1CCCC(C(=O)O)C1)Oc1cccc(C)c1. The number of carbonyl (C=O) groups excluding carboxylic acids is 1. The molecule has 0 aromatic heterocycles. The first-order valence-electron chi connectivity index (χ1n) is 8.73. The molecule has 1 aliphatic rings. The van der Waals surface area contributed by atoms with E-state index >= 15 is 0 Å². The third-order valence-corrected chi connectivity index (χ3v) is 4.65. The van der Waals surface area contributed by atoms with Crippen molar-refractivity contribution in [3.8, 4) is 5.75 Å². The van der Waals surface area contributed by atoms with Crippen molar-refractivity contribution >= 4 is 11.9 Å². The van der Waals surface area contributed by atoms with Crippen LogP contribution in [0.25, 0.3) is 0 Å². The largest absolute Gasteiger partial charge is 0.489 e. The van der Waals surface area contributed by atoms with Crippen molar-refractivity contribution in [1.82, 2.24) is 5.32 Å². The minimum Gasteiger partial charge on any atom is -0.489 e. The van der Waals surface area contributed by atoms with Gasteiger partial charge in [-0.1, -0.05) is 25.5 Å². The van der Waals surface area contributed by atoms with E-state index in [0.717, 1.165) is 30.6 Å². The average Bonchev–Trinajstić information content (AvgIpc) is 2.58. The van der Waals surface area contributed by atoms with Gasteiger partial charge in [0, 0.05) is 5.92 Å². The minimum absolute atomic E-state index is 0.0488. The highest BCUT2D eigenvalue weighted by Gasteiger charge is 2.31. The van der Waals surface area contributed by atoms with E-state index in [4.69, 9.17) is 9.84 Å². The van der Waals surface area contributed by atoms with Gasteiger partial charge in [0.2, 0.25) is 5.91 Å². The Morgan fingerprint density at radius 3 is 2.75 bits per heavy atom. The number of ether oxygens (including phenoxy) is 1. The summed E-state index contributed by atoms with van der Waals surface area (Å²) < 4.78 is 5.93. The van der Waals surface area contributed by atoms with Crippen molar-refractivity contribution in [1.29, 1.82) is 0 Å². The second-order valence-electron chi connectivity index (χ2n) is 6.61. The number of hydrogen-bond donors (Lipinski definition) is 2. The lowest BCUT2D eigenvalue weighted by Crippen LogP contribution is -2.40. The van der Waals surface area contributed by atoms with E-state index in [1.54, 1.807) is 0 Å². The Labute approximate surface area is 143 Å². The lowest BCUT2D eigenvalue weighted by molar-refractivity contribution is -0.144. The molecule has 0 aliphatic heterocycles. The maximum absolute atomic E-state index is 12.3. The lowest BCUT2D eigenvalue weighted by atomic mass is 9.81. The first-order valence-corrected chi connectivity index (χ1v) is 8.73. The summed E-state index contributed by atoms with van der Waals surface area (Å²) in [4.78, 5) is 23.4. The third-order valence-electron chi connectivity index (χ3n) is 4.65. The normalized spacial score (nSPS) is 21.8. The Morgan fingerprint density at radius 2 is 2.08 bits per heavy atom. The Balaban J connectivity index is 1.83. The molecule has 2 rings (SSSR count). The molecule has 1 saturated carbocycles. The molecule has 5 nitrogen and oxygen atoms in total. The standard InChI is InChI=1S/C19H27NO4/c1-3-16(24-17-9-4-6-13(2)10-17)12-20-18(21)14-7-5-8-15(11-14)19(22)23/h4,6,9-10,14-16H,3,5,7-8,11-12H2,1-2H3,(H,20,21)(H,22,23). The Kier molecular flexibility index (Phi) is 6.64. The molecule has 1 aliphatic carbocycles. The molecule has 1 fully saturated rings. The van der Waals surface area contributed by atoms with E-state index in [2.05, 4.69) is 5.32 Å². The highest BCUT2D eigenvalue weighted by Crippen LogP contribution is 2.29. The number of rotatable bonds is 7. The molecule has 0 spiro atoms. The highest BCUT2D eigenvalue weighted by atomic mass is 16.5. The highest BCUT2D eigenvalue weighted by molar-refractivity contribution is 5.80. The molecule has 1 aromatic carbocycles. The van der Waals surface area contributed by atoms with Gasteiger partial charge in [-0.3, -0.25) is 9.59 Å². The Morgan fingerprint density at radius 1 is 1.33 bits per heavy atom. The van der Waals surface area contributed by atoms with Crippen molar-refractivity contribution in [3.05, 3.63) is 29.8 Å². The monoisotopic (exact) mass is 333 g/mol. The van der Waals surface area contributed by atoms with Crippen LogP contribution in [0.4, 0.5) is 0 Å². The predicted octanol–water partition coefficient (Wildman–Crippen LogP) is 3.16.